The molecule has 1 amide bonds. The van der Waals surface area contributed by atoms with Crippen LogP contribution in [0.3, 0.4) is 0 Å². The van der Waals surface area contributed by atoms with Gasteiger partial charge in [-0.15, -0.1) is 24.5 Å². The quantitative estimate of drug-likeness (QED) is 0.205. The lowest BCUT2D eigenvalue weighted by Crippen LogP contribution is -2.18. The van der Waals surface area contributed by atoms with Gasteiger partial charge in [-0.25, -0.2) is 4.98 Å². The Morgan fingerprint density at radius 1 is 1.18 bits per heavy atom. The fourth-order valence-electron chi connectivity index (χ4n) is 2.65. The Morgan fingerprint density at radius 2 is 1.75 bits per heavy atom. The van der Waals surface area contributed by atoms with E-state index in [1.54, 1.807) is 6.92 Å². The van der Waals surface area contributed by atoms with Gasteiger partial charge < -0.3 is 14.6 Å². The first-order valence-electron chi connectivity index (χ1n) is 10.0. The number of ether oxygens (including phenoxy) is 1. The van der Waals surface area contributed by atoms with Crippen molar-refractivity contribution in [3.63, 3.8) is 0 Å². The number of thiophene rings is 1. The highest BCUT2D eigenvalue weighted by Gasteiger charge is 2.39. The molecule has 1 unspecified atom stereocenters. The van der Waals surface area contributed by atoms with Crippen molar-refractivity contribution in [1.82, 2.24) is 4.98 Å². The van der Waals surface area contributed by atoms with Gasteiger partial charge in [-0.2, -0.15) is 23.7 Å². The molecule has 40 heavy (non-hydrogen) atoms. The molecule has 3 aromatic rings. The number of nitriles is 2. The van der Waals surface area contributed by atoms with Gasteiger partial charge in [0.05, 0.1) is 15.7 Å². The van der Waals surface area contributed by atoms with Crippen LogP contribution in [0.1, 0.15) is 37.7 Å². The summed E-state index contributed by atoms with van der Waals surface area (Å²) in [5, 5.41) is 19.8. The number of benzene rings is 1. The van der Waals surface area contributed by atoms with E-state index < -0.39 is 45.9 Å². The van der Waals surface area contributed by atoms with Gasteiger partial charge >= 0.3 is 12.5 Å². The zero-order valence-electron chi connectivity index (χ0n) is 19.6. The Hall–Kier alpha value is -2.06. The van der Waals surface area contributed by atoms with E-state index in [2.05, 4.69) is 46.9 Å². The number of rotatable bonds is 5. The summed E-state index contributed by atoms with van der Waals surface area (Å²) in [5.74, 6) is -1.27. The lowest BCUT2D eigenvalue weighted by Gasteiger charge is -2.14. The molecule has 0 aliphatic carbocycles. The molecular weight excluding hydrogens is 762 g/mol. The van der Waals surface area contributed by atoms with Crippen molar-refractivity contribution in [2.24, 2.45) is 0 Å². The zero-order valence-corrected chi connectivity index (χ0v) is 25.9. The Labute approximate surface area is 255 Å². The van der Waals surface area contributed by atoms with Crippen LogP contribution in [0.2, 0.25) is 5.02 Å². The molecule has 0 bridgehead atoms. The number of thiazole rings is 1. The van der Waals surface area contributed by atoms with Crippen LogP contribution in [0.25, 0.3) is 0 Å². The minimum absolute atomic E-state index is 0.0331. The normalized spacial score (nSPS) is 12.1. The third kappa shape index (κ3) is 8.72. The van der Waals surface area contributed by atoms with Crippen LogP contribution in [0.4, 0.5) is 32.0 Å². The summed E-state index contributed by atoms with van der Waals surface area (Å²) in [6.07, 6.45) is -9.75. The molecular formula is C21H11Br2ClF6N4O3S3. The molecule has 0 saturated heterocycles. The first-order chi connectivity index (χ1) is 18.4. The molecule has 0 saturated carbocycles. The number of carbonyl (C=O) groups is 1. The Balaban J connectivity index is 0.000000337. The van der Waals surface area contributed by atoms with E-state index in [1.165, 1.54) is 6.92 Å². The highest BCUT2D eigenvalue weighted by Crippen LogP contribution is 2.39. The van der Waals surface area contributed by atoms with Gasteiger partial charge in [0.1, 0.15) is 39.0 Å². The molecule has 0 fully saturated rings. The van der Waals surface area contributed by atoms with Crippen LogP contribution in [0.5, 0.6) is 5.75 Å². The predicted molar refractivity (Wildman–Crippen MR) is 144 cm³/mol. The average Bonchev–Trinajstić information content (AvgIpc) is 3.39. The Bertz CT molecular complexity index is 1480. The van der Waals surface area contributed by atoms with E-state index in [-0.39, 0.29) is 35.1 Å². The fourth-order valence-corrected chi connectivity index (χ4v) is 7.52. The molecule has 1 N–H and O–H groups in total. The summed E-state index contributed by atoms with van der Waals surface area (Å²) < 4.78 is 91.2. The monoisotopic (exact) mass is 770 g/mol. The lowest BCUT2D eigenvalue weighted by molar-refractivity contribution is -0.274. The number of hydrogen-bond acceptors (Lipinski definition) is 8. The smallest absolute Gasteiger partial charge is 0.573 e. The maximum atomic E-state index is 13.0. The fraction of sp³-hybridized carbons (Fsp3) is 0.238. The number of hydrogen-bond donors (Lipinski definition) is 1. The minimum atomic E-state index is -4.93. The van der Waals surface area contributed by atoms with Crippen LogP contribution >= 0.6 is 66.1 Å². The van der Waals surface area contributed by atoms with E-state index in [4.69, 9.17) is 22.1 Å². The van der Waals surface area contributed by atoms with Crippen LogP contribution in [-0.2, 0) is 17.4 Å². The van der Waals surface area contributed by atoms with Gasteiger partial charge in [-0.05, 0) is 69.0 Å². The second-order valence-electron chi connectivity index (χ2n) is 6.94. The molecule has 7 nitrogen and oxygen atoms in total. The summed E-state index contributed by atoms with van der Waals surface area (Å²) >= 11 is 12.0. The molecule has 214 valence electrons. The molecule has 19 heteroatoms. The molecule has 0 spiro atoms. The number of nitrogens with one attached hydrogen (secondary N) is 1. The molecule has 2 heterocycles. The maximum Gasteiger partial charge on any atom is 0.573 e. The molecule has 3 rings (SSSR count). The minimum Gasteiger partial charge on any atom is -0.611 e. The highest BCUT2D eigenvalue weighted by molar-refractivity contribution is 9.11. The van der Waals surface area contributed by atoms with Crippen LogP contribution < -0.4 is 10.1 Å². The third-order valence-electron chi connectivity index (χ3n) is 4.20. The maximum absolute atomic E-state index is 13.0. The van der Waals surface area contributed by atoms with Crippen molar-refractivity contribution < 1.29 is 40.4 Å². The number of halogens is 9. The van der Waals surface area contributed by atoms with E-state index in [0.717, 1.165) is 23.5 Å². The largest absolute Gasteiger partial charge is 0.611 e. The molecule has 1 aromatic carbocycles. The summed E-state index contributed by atoms with van der Waals surface area (Å²) in [7, 11) is 0. The van der Waals surface area contributed by atoms with Gasteiger partial charge in [-0.1, -0.05) is 22.9 Å². The average molecular weight is 773 g/mol. The molecule has 0 aliphatic rings. The number of anilines is 1. The second-order valence-corrected chi connectivity index (χ2v) is 13.2. The van der Waals surface area contributed by atoms with Crippen molar-refractivity contribution in [1.29, 1.82) is 10.5 Å². The van der Waals surface area contributed by atoms with Gasteiger partial charge in [-0.3, -0.25) is 4.79 Å². The topological polar surface area (TPSA) is 122 Å². The van der Waals surface area contributed by atoms with Crippen LogP contribution in [-0.4, -0.2) is 27.6 Å². The van der Waals surface area contributed by atoms with E-state index in [1.807, 2.05) is 12.1 Å². The predicted octanol–water partition coefficient (Wildman–Crippen LogP) is 8.42. The summed E-state index contributed by atoms with van der Waals surface area (Å²) in [6, 6.07) is 5.56. The zero-order chi connectivity index (χ0) is 30.6. The van der Waals surface area contributed by atoms with E-state index in [0.29, 0.717) is 21.3 Å². The van der Waals surface area contributed by atoms with E-state index in [9.17, 15) is 35.7 Å². The van der Waals surface area contributed by atoms with Crippen LogP contribution in [0.15, 0.2) is 25.3 Å². The second kappa shape index (κ2) is 13.7. The van der Waals surface area contributed by atoms with Gasteiger partial charge in [0.15, 0.2) is 5.69 Å². The SMILES string of the molecule is CC[S+]([O-])c1sc(C#N)c(Cl)c1C#N.Cc1nc(C(F)(F)F)c(C(=O)Nc2c(Br)cc(OC(F)(F)F)cc2Br)s1. The third-order valence-corrected chi connectivity index (χ3v) is 9.75. The van der Waals surface area contributed by atoms with E-state index >= 15 is 0 Å². The molecule has 2 aromatic heterocycles. The summed E-state index contributed by atoms with van der Waals surface area (Å²) in [5.41, 5.74) is -1.22. The number of nitrogens with zero attached hydrogens (tertiary/aromatic N) is 3. The summed E-state index contributed by atoms with van der Waals surface area (Å²) in [6.45, 7) is 3.06. The number of aromatic nitrogens is 1. The van der Waals surface area contributed by atoms with Gasteiger partial charge in [0.2, 0.25) is 4.21 Å². The number of amides is 1. The standard InChI is InChI=1S/C13H6Br2F6N2O2S.C8H5ClN2OS2/c1-4-22-10(12(16,17)18)9(26-4)11(24)23-8-6(14)2-5(3-7(8)15)25-13(19,20)21;1-2-14(12)8-5(3-10)7(9)6(4-11)13-8/h2-3H,1H3,(H,23,24);2H2,1H3. The number of carbonyl (C=O) groups excluding carboxylic acids is 1. The Morgan fingerprint density at radius 3 is 2.20 bits per heavy atom. The first-order valence-corrected chi connectivity index (χ1v) is 15.0. The van der Waals surface area contributed by atoms with Crippen molar-refractivity contribution in [2.45, 2.75) is 30.6 Å². The van der Waals surface area contributed by atoms with Gasteiger partial charge in [0, 0.05) is 8.95 Å². The molecule has 0 aliphatic heterocycles. The first kappa shape index (κ1) is 34.1. The molecule has 0 radical (unpaired) electrons. The Kier molecular flexibility index (Phi) is 11.7. The lowest BCUT2D eigenvalue weighted by atomic mass is 10.2. The summed E-state index contributed by atoms with van der Waals surface area (Å²) in [4.78, 5) is 15.1. The van der Waals surface area contributed by atoms with Crippen LogP contribution in [0, 0.1) is 29.6 Å². The van der Waals surface area contributed by atoms with Crippen molar-refractivity contribution in [3.8, 4) is 17.9 Å². The highest BCUT2D eigenvalue weighted by atomic mass is 79.9. The van der Waals surface area contributed by atoms with Crippen molar-refractivity contribution in [2.75, 3.05) is 11.1 Å². The van der Waals surface area contributed by atoms with Crippen molar-refractivity contribution >= 4 is 88.9 Å². The molecule has 1 atom stereocenters. The van der Waals surface area contributed by atoms with Gasteiger partial charge in [0.25, 0.3) is 5.91 Å². The number of alkyl halides is 6. The number of aryl methyl sites for hydroxylation is 1. The van der Waals surface area contributed by atoms with Crippen molar-refractivity contribution in [3.05, 3.63) is 52.1 Å².